The number of amides is 2. The van der Waals surface area contributed by atoms with Crippen molar-refractivity contribution in [1.82, 2.24) is 10.6 Å². The molecule has 2 rings (SSSR count). The van der Waals surface area contributed by atoms with E-state index in [9.17, 15) is 14.4 Å². The molecule has 0 unspecified atom stereocenters. The maximum absolute atomic E-state index is 12.4. The van der Waals surface area contributed by atoms with Crippen molar-refractivity contribution in [2.75, 3.05) is 13.2 Å². The lowest BCUT2D eigenvalue weighted by Gasteiger charge is -2.10. The summed E-state index contributed by atoms with van der Waals surface area (Å²) in [5.41, 5.74) is 0.759. The lowest BCUT2D eigenvalue weighted by Crippen LogP contribution is -2.36. The van der Waals surface area contributed by atoms with Crippen molar-refractivity contribution in [3.05, 3.63) is 64.2 Å². The number of hydrogen-bond acceptors (Lipinski definition) is 5. The molecule has 1 aromatic heterocycles. The van der Waals surface area contributed by atoms with E-state index in [4.69, 9.17) is 9.15 Å². The van der Waals surface area contributed by atoms with Gasteiger partial charge in [-0.15, -0.1) is 0 Å². The van der Waals surface area contributed by atoms with E-state index >= 15 is 0 Å². The second-order valence-electron chi connectivity index (χ2n) is 5.14. The standard InChI is InChI=1S/C18H17BrN2O5/c1-12(22)25-10-8-20-17(23)15(11-13-4-6-14(19)7-5-13)21-18(24)16-3-2-9-26-16/h2-7,9,11H,8,10H2,1H3,(H,20,23)(H,21,24)/b15-11-. The summed E-state index contributed by atoms with van der Waals surface area (Å²) in [4.78, 5) is 35.3. The van der Waals surface area contributed by atoms with Crippen LogP contribution < -0.4 is 10.6 Å². The third-order valence-corrected chi connectivity index (χ3v) is 3.64. The smallest absolute Gasteiger partial charge is 0.302 e. The number of halogens is 1. The molecule has 0 radical (unpaired) electrons. The topological polar surface area (TPSA) is 97.6 Å². The highest BCUT2D eigenvalue weighted by Gasteiger charge is 2.16. The van der Waals surface area contributed by atoms with Crippen LogP contribution in [0, 0.1) is 0 Å². The first kappa shape index (κ1) is 19.5. The zero-order valence-electron chi connectivity index (χ0n) is 14.0. The van der Waals surface area contributed by atoms with Crippen molar-refractivity contribution in [2.24, 2.45) is 0 Å². The predicted molar refractivity (Wildman–Crippen MR) is 97.9 cm³/mol. The van der Waals surface area contributed by atoms with E-state index in [2.05, 4.69) is 26.6 Å². The molecule has 0 fully saturated rings. The molecule has 2 N–H and O–H groups in total. The van der Waals surface area contributed by atoms with Gasteiger partial charge in [0.2, 0.25) is 0 Å². The molecule has 8 heteroatoms. The average molecular weight is 421 g/mol. The highest BCUT2D eigenvalue weighted by Crippen LogP contribution is 2.13. The molecule has 0 atom stereocenters. The van der Waals surface area contributed by atoms with Crippen LogP contribution >= 0.6 is 15.9 Å². The Morgan fingerprint density at radius 2 is 1.92 bits per heavy atom. The SMILES string of the molecule is CC(=O)OCCNC(=O)/C(=C/c1ccc(Br)cc1)NC(=O)c1ccco1. The van der Waals surface area contributed by atoms with Crippen molar-refractivity contribution < 1.29 is 23.5 Å². The number of rotatable bonds is 7. The molecular weight excluding hydrogens is 404 g/mol. The van der Waals surface area contributed by atoms with Crippen LogP contribution in [0.1, 0.15) is 23.0 Å². The summed E-state index contributed by atoms with van der Waals surface area (Å²) in [5, 5.41) is 5.11. The number of carbonyl (C=O) groups is 3. The van der Waals surface area contributed by atoms with Crippen LogP contribution in [0.2, 0.25) is 0 Å². The van der Waals surface area contributed by atoms with E-state index in [1.807, 2.05) is 12.1 Å². The molecule has 0 aliphatic rings. The van der Waals surface area contributed by atoms with Gasteiger partial charge in [0, 0.05) is 11.4 Å². The number of furan rings is 1. The van der Waals surface area contributed by atoms with Gasteiger partial charge in [-0.3, -0.25) is 14.4 Å². The second kappa shape index (κ2) is 9.57. The Kier molecular flexibility index (Phi) is 7.16. The molecule has 7 nitrogen and oxygen atoms in total. The average Bonchev–Trinajstić information content (AvgIpc) is 3.14. The second-order valence-corrected chi connectivity index (χ2v) is 6.05. The maximum atomic E-state index is 12.4. The zero-order chi connectivity index (χ0) is 18.9. The number of benzene rings is 1. The summed E-state index contributed by atoms with van der Waals surface area (Å²) in [5.74, 6) is -1.41. The minimum atomic E-state index is -0.548. The van der Waals surface area contributed by atoms with E-state index in [1.165, 1.54) is 25.3 Å². The Morgan fingerprint density at radius 1 is 1.19 bits per heavy atom. The number of ether oxygens (including phenoxy) is 1. The van der Waals surface area contributed by atoms with Crippen LogP contribution in [-0.2, 0) is 14.3 Å². The lowest BCUT2D eigenvalue weighted by atomic mass is 10.2. The Labute approximate surface area is 158 Å². The summed E-state index contributed by atoms with van der Waals surface area (Å²) in [6.07, 6.45) is 2.90. The van der Waals surface area contributed by atoms with Gasteiger partial charge < -0.3 is 19.8 Å². The molecule has 2 aromatic rings. The fraction of sp³-hybridized carbons (Fsp3) is 0.167. The van der Waals surface area contributed by atoms with E-state index in [-0.39, 0.29) is 24.6 Å². The Morgan fingerprint density at radius 3 is 2.54 bits per heavy atom. The van der Waals surface area contributed by atoms with Crippen molar-refractivity contribution in [3.8, 4) is 0 Å². The molecule has 26 heavy (non-hydrogen) atoms. The maximum Gasteiger partial charge on any atom is 0.302 e. The van der Waals surface area contributed by atoms with Gasteiger partial charge in [-0.05, 0) is 35.9 Å². The fourth-order valence-corrected chi connectivity index (χ4v) is 2.19. The first-order chi connectivity index (χ1) is 12.5. The molecule has 1 heterocycles. The molecule has 0 spiro atoms. The molecule has 1 aromatic carbocycles. The fourth-order valence-electron chi connectivity index (χ4n) is 1.93. The van der Waals surface area contributed by atoms with Gasteiger partial charge in [-0.1, -0.05) is 28.1 Å². The van der Waals surface area contributed by atoms with Crippen molar-refractivity contribution in [1.29, 1.82) is 0 Å². The third kappa shape index (κ3) is 6.21. The number of carbonyl (C=O) groups excluding carboxylic acids is 3. The summed E-state index contributed by atoms with van der Waals surface area (Å²) < 4.78 is 10.7. The van der Waals surface area contributed by atoms with Crippen LogP contribution in [0.4, 0.5) is 0 Å². The minimum absolute atomic E-state index is 0.0385. The van der Waals surface area contributed by atoms with Crippen LogP contribution in [0.25, 0.3) is 6.08 Å². The molecule has 0 aliphatic heterocycles. The van der Waals surface area contributed by atoms with Crippen molar-refractivity contribution in [3.63, 3.8) is 0 Å². The number of esters is 1. The van der Waals surface area contributed by atoms with Crippen LogP contribution in [-0.4, -0.2) is 30.9 Å². The van der Waals surface area contributed by atoms with Crippen LogP contribution in [0.3, 0.4) is 0 Å². The predicted octanol–water partition coefficient (Wildman–Crippen LogP) is 2.49. The van der Waals surface area contributed by atoms with Gasteiger partial charge in [0.15, 0.2) is 5.76 Å². The first-order valence-corrected chi connectivity index (χ1v) is 8.48. The number of hydrogen-bond donors (Lipinski definition) is 2. The summed E-state index contributed by atoms with van der Waals surface area (Å²) in [6.45, 7) is 1.44. The monoisotopic (exact) mass is 420 g/mol. The molecule has 0 saturated heterocycles. The van der Waals surface area contributed by atoms with Crippen LogP contribution in [0.5, 0.6) is 0 Å². The zero-order valence-corrected chi connectivity index (χ0v) is 15.5. The summed E-state index contributed by atoms with van der Waals surface area (Å²) >= 11 is 3.34. The van der Waals surface area contributed by atoms with E-state index in [0.717, 1.165) is 10.0 Å². The van der Waals surface area contributed by atoms with E-state index in [1.54, 1.807) is 18.2 Å². The normalized spacial score (nSPS) is 10.9. The highest BCUT2D eigenvalue weighted by molar-refractivity contribution is 9.10. The third-order valence-electron chi connectivity index (χ3n) is 3.11. The largest absolute Gasteiger partial charge is 0.464 e. The molecule has 136 valence electrons. The van der Waals surface area contributed by atoms with Crippen molar-refractivity contribution >= 4 is 39.8 Å². The number of nitrogens with one attached hydrogen (secondary N) is 2. The molecule has 0 aliphatic carbocycles. The first-order valence-electron chi connectivity index (χ1n) is 7.69. The minimum Gasteiger partial charge on any atom is -0.464 e. The van der Waals surface area contributed by atoms with Crippen molar-refractivity contribution in [2.45, 2.75) is 6.92 Å². The quantitative estimate of drug-likeness (QED) is 0.407. The molecule has 2 amide bonds. The Balaban J connectivity index is 2.12. The molecule has 0 bridgehead atoms. The van der Waals surface area contributed by atoms with Gasteiger partial charge in [0.1, 0.15) is 12.3 Å². The van der Waals surface area contributed by atoms with Crippen LogP contribution in [0.15, 0.2) is 57.2 Å². The summed E-state index contributed by atoms with van der Waals surface area (Å²) in [7, 11) is 0. The van der Waals surface area contributed by atoms with Gasteiger partial charge in [-0.2, -0.15) is 0 Å². The Bertz CT molecular complexity index is 797. The van der Waals surface area contributed by atoms with E-state index in [0.29, 0.717) is 0 Å². The Hall–Kier alpha value is -2.87. The van der Waals surface area contributed by atoms with Gasteiger partial charge in [0.05, 0.1) is 12.8 Å². The lowest BCUT2D eigenvalue weighted by molar-refractivity contribution is -0.141. The summed E-state index contributed by atoms with van der Waals surface area (Å²) in [6, 6.07) is 10.3. The van der Waals surface area contributed by atoms with Gasteiger partial charge in [0.25, 0.3) is 11.8 Å². The highest BCUT2D eigenvalue weighted by atomic mass is 79.9. The van der Waals surface area contributed by atoms with Gasteiger partial charge >= 0.3 is 5.97 Å². The molecular formula is C18H17BrN2O5. The van der Waals surface area contributed by atoms with E-state index < -0.39 is 17.8 Å². The molecule has 0 saturated carbocycles. The van der Waals surface area contributed by atoms with Gasteiger partial charge in [-0.25, -0.2) is 0 Å².